The van der Waals surface area contributed by atoms with E-state index in [1.54, 1.807) is 11.8 Å². The van der Waals surface area contributed by atoms with Gasteiger partial charge in [0.15, 0.2) is 11.0 Å². The van der Waals surface area contributed by atoms with Crippen LogP contribution in [0.1, 0.15) is 19.5 Å². The Labute approximate surface area is 133 Å². The molecule has 22 heavy (non-hydrogen) atoms. The normalized spacial score (nSPS) is 11.0. The van der Waals surface area contributed by atoms with Gasteiger partial charge in [0.05, 0.1) is 17.5 Å². The third-order valence-corrected chi connectivity index (χ3v) is 4.32. The van der Waals surface area contributed by atoms with Crippen LogP contribution in [-0.2, 0) is 18.8 Å². The second-order valence-electron chi connectivity index (χ2n) is 4.74. The Morgan fingerprint density at radius 3 is 2.73 bits per heavy atom. The molecule has 0 saturated carbocycles. The minimum atomic E-state index is 0.785. The first-order valence-corrected chi connectivity index (χ1v) is 8.29. The third kappa shape index (κ3) is 3.04. The molecule has 114 valence electrons. The minimum Gasteiger partial charge on any atom is -0.302 e. The fraction of sp³-hybridized carbons (Fsp3) is 0.333. The van der Waals surface area contributed by atoms with E-state index in [2.05, 4.69) is 38.7 Å². The van der Waals surface area contributed by atoms with E-state index in [0.717, 1.165) is 41.1 Å². The highest BCUT2D eigenvalue weighted by Crippen LogP contribution is 2.25. The van der Waals surface area contributed by atoms with Crippen LogP contribution in [0.4, 0.5) is 0 Å². The maximum atomic E-state index is 4.34. The van der Waals surface area contributed by atoms with E-state index >= 15 is 0 Å². The fourth-order valence-corrected chi connectivity index (χ4v) is 3.09. The topological polar surface area (TPSA) is 61.4 Å². The van der Waals surface area contributed by atoms with Crippen molar-refractivity contribution in [1.82, 2.24) is 29.5 Å². The monoisotopic (exact) mass is 314 g/mol. The predicted octanol–water partition coefficient (Wildman–Crippen LogP) is 2.87. The van der Waals surface area contributed by atoms with Crippen molar-refractivity contribution in [1.29, 1.82) is 0 Å². The predicted molar refractivity (Wildman–Crippen MR) is 86.4 cm³/mol. The van der Waals surface area contributed by atoms with Crippen molar-refractivity contribution in [2.24, 2.45) is 0 Å². The number of hydrogen-bond donors (Lipinski definition) is 0. The van der Waals surface area contributed by atoms with Gasteiger partial charge in [-0.25, -0.2) is 0 Å². The van der Waals surface area contributed by atoms with Gasteiger partial charge in [0.25, 0.3) is 0 Å². The van der Waals surface area contributed by atoms with Gasteiger partial charge in [-0.1, -0.05) is 17.8 Å². The van der Waals surface area contributed by atoms with Crippen molar-refractivity contribution < 1.29 is 0 Å². The number of hydrogen-bond acceptors (Lipinski definition) is 5. The number of thioether (sulfide) groups is 1. The van der Waals surface area contributed by atoms with Crippen LogP contribution in [0.5, 0.6) is 0 Å². The lowest BCUT2D eigenvalue weighted by Crippen LogP contribution is -2.00. The number of rotatable bonds is 6. The van der Waals surface area contributed by atoms with Crippen molar-refractivity contribution in [2.75, 3.05) is 0 Å². The summed E-state index contributed by atoms with van der Waals surface area (Å²) in [6, 6.07) is 5.94. The second kappa shape index (κ2) is 6.74. The van der Waals surface area contributed by atoms with Crippen LogP contribution in [0.15, 0.2) is 41.9 Å². The lowest BCUT2D eigenvalue weighted by atomic mass is 10.3. The van der Waals surface area contributed by atoms with Gasteiger partial charge in [-0.05, 0) is 26.0 Å². The molecule has 7 heteroatoms. The first-order chi connectivity index (χ1) is 10.8. The van der Waals surface area contributed by atoms with E-state index in [4.69, 9.17) is 0 Å². The molecule has 6 nitrogen and oxygen atoms in total. The van der Waals surface area contributed by atoms with E-state index in [1.165, 1.54) is 0 Å². The SMILES string of the molecule is CCn1cc(-c2nnc(SCc3ccccn3)n2CC)cn1. The minimum absolute atomic E-state index is 0.785. The zero-order valence-electron chi connectivity index (χ0n) is 12.7. The Morgan fingerprint density at radius 1 is 1.14 bits per heavy atom. The largest absolute Gasteiger partial charge is 0.302 e. The quantitative estimate of drug-likeness (QED) is 0.655. The zero-order chi connectivity index (χ0) is 15.4. The molecule has 0 radical (unpaired) electrons. The van der Waals surface area contributed by atoms with Crippen LogP contribution in [0.3, 0.4) is 0 Å². The lowest BCUT2D eigenvalue weighted by molar-refractivity contribution is 0.659. The first-order valence-electron chi connectivity index (χ1n) is 7.30. The Morgan fingerprint density at radius 2 is 2.05 bits per heavy atom. The van der Waals surface area contributed by atoms with Crippen LogP contribution < -0.4 is 0 Å². The molecule has 3 rings (SSSR count). The molecule has 0 saturated heterocycles. The summed E-state index contributed by atoms with van der Waals surface area (Å²) in [5, 5.41) is 13.9. The highest BCUT2D eigenvalue weighted by molar-refractivity contribution is 7.98. The summed E-state index contributed by atoms with van der Waals surface area (Å²) in [5.41, 5.74) is 2.04. The zero-order valence-corrected chi connectivity index (χ0v) is 13.5. The summed E-state index contributed by atoms with van der Waals surface area (Å²) in [6.07, 6.45) is 5.65. The molecule has 0 aromatic carbocycles. The summed E-state index contributed by atoms with van der Waals surface area (Å²) >= 11 is 1.65. The highest BCUT2D eigenvalue weighted by Gasteiger charge is 2.14. The average molecular weight is 314 g/mol. The van der Waals surface area contributed by atoms with E-state index in [-0.39, 0.29) is 0 Å². The molecule has 0 aliphatic heterocycles. The molecule has 0 unspecified atom stereocenters. The molecule has 0 amide bonds. The molecule has 0 spiro atoms. The van der Waals surface area contributed by atoms with Crippen LogP contribution >= 0.6 is 11.8 Å². The van der Waals surface area contributed by atoms with Crippen LogP contribution in [0, 0.1) is 0 Å². The Hall–Kier alpha value is -2.15. The van der Waals surface area contributed by atoms with Gasteiger partial charge in [0, 0.05) is 31.2 Å². The first kappa shape index (κ1) is 14.8. The van der Waals surface area contributed by atoms with E-state index in [0.29, 0.717) is 0 Å². The van der Waals surface area contributed by atoms with Crippen LogP contribution in [0.2, 0.25) is 0 Å². The number of aryl methyl sites for hydroxylation is 1. The molecule has 0 fully saturated rings. The summed E-state index contributed by atoms with van der Waals surface area (Å²) in [5.74, 6) is 1.65. The van der Waals surface area contributed by atoms with Crippen molar-refractivity contribution in [2.45, 2.75) is 37.8 Å². The lowest BCUT2D eigenvalue weighted by Gasteiger charge is -2.05. The average Bonchev–Trinajstić information content (AvgIpc) is 3.19. The molecule has 0 aliphatic rings. The third-order valence-electron chi connectivity index (χ3n) is 3.32. The molecule has 3 heterocycles. The summed E-state index contributed by atoms with van der Waals surface area (Å²) in [6.45, 7) is 5.84. The molecule has 3 aromatic heterocycles. The molecular formula is C15H18N6S. The number of nitrogens with zero attached hydrogens (tertiary/aromatic N) is 6. The van der Waals surface area contributed by atoms with E-state index in [9.17, 15) is 0 Å². The van der Waals surface area contributed by atoms with Gasteiger partial charge in [-0.15, -0.1) is 10.2 Å². The Bertz CT molecular complexity index is 734. The van der Waals surface area contributed by atoms with Gasteiger partial charge in [0.2, 0.25) is 0 Å². The fourth-order valence-electron chi connectivity index (χ4n) is 2.17. The van der Waals surface area contributed by atoms with Crippen LogP contribution in [-0.4, -0.2) is 29.5 Å². The second-order valence-corrected chi connectivity index (χ2v) is 5.69. The van der Waals surface area contributed by atoms with Gasteiger partial charge in [-0.3, -0.25) is 9.67 Å². The highest BCUT2D eigenvalue weighted by atomic mass is 32.2. The van der Waals surface area contributed by atoms with Crippen molar-refractivity contribution >= 4 is 11.8 Å². The molecular weight excluding hydrogens is 296 g/mol. The summed E-state index contributed by atoms with van der Waals surface area (Å²) < 4.78 is 4.01. The van der Waals surface area contributed by atoms with Gasteiger partial charge in [-0.2, -0.15) is 5.10 Å². The maximum absolute atomic E-state index is 4.34. The van der Waals surface area contributed by atoms with Gasteiger partial charge in [0.1, 0.15) is 0 Å². The Balaban J connectivity index is 1.81. The summed E-state index contributed by atoms with van der Waals surface area (Å²) in [7, 11) is 0. The molecule has 3 aromatic rings. The summed E-state index contributed by atoms with van der Waals surface area (Å²) in [4.78, 5) is 4.34. The van der Waals surface area contributed by atoms with Gasteiger partial charge < -0.3 is 4.57 Å². The molecule has 0 bridgehead atoms. The standard InChI is InChI=1S/C15H18N6S/c1-3-20-10-12(9-17-20)14-18-19-15(21(14)4-2)22-11-13-7-5-6-8-16-13/h5-10H,3-4,11H2,1-2H3. The van der Waals surface area contributed by atoms with Crippen molar-refractivity contribution in [3.8, 4) is 11.4 Å². The Kier molecular flexibility index (Phi) is 4.53. The van der Waals surface area contributed by atoms with Crippen molar-refractivity contribution in [3.63, 3.8) is 0 Å². The molecule has 0 atom stereocenters. The van der Waals surface area contributed by atoms with Crippen LogP contribution in [0.25, 0.3) is 11.4 Å². The molecule has 0 N–H and O–H groups in total. The maximum Gasteiger partial charge on any atom is 0.191 e. The number of pyridine rings is 1. The number of aromatic nitrogens is 6. The smallest absolute Gasteiger partial charge is 0.191 e. The van der Waals surface area contributed by atoms with E-state index < -0.39 is 0 Å². The van der Waals surface area contributed by atoms with E-state index in [1.807, 2.05) is 41.5 Å². The van der Waals surface area contributed by atoms with Gasteiger partial charge >= 0.3 is 0 Å². The molecule has 0 aliphatic carbocycles. The van der Waals surface area contributed by atoms with Crippen molar-refractivity contribution in [3.05, 3.63) is 42.5 Å².